The number of piperidine rings is 1. The summed E-state index contributed by atoms with van der Waals surface area (Å²) in [6.45, 7) is 6.60. The Morgan fingerprint density at radius 3 is 2.44 bits per heavy atom. The van der Waals surface area contributed by atoms with Gasteiger partial charge < -0.3 is 5.32 Å². The van der Waals surface area contributed by atoms with Gasteiger partial charge in [-0.25, -0.2) is 8.42 Å². The summed E-state index contributed by atoms with van der Waals surface area (Å²) in [7, 11) is -2.73. The molecule has 0 spiro atoms. The average Bonchev–Trinajstić information content (AvgIpc) is 2.28. The van der Waals surface area contributed by atoms with E-state index in [9.17, 15) is 8.42 Å². The van der Waals surface area contributed by atoms with E-state index >= 15 is 0 Å². The molecule has 106 valence electrons. The monoisotopic (exact) mass is 274 g/mol. The van der Waals surface area contributed by atoms with Crippen molar-refractivity contribution >= 4 is 9.84 Å². The van der Waals surface area contributed by atoms with E-state index in [1.165, 1.54) is 12.8 Å². The minimum atomic E-state index is -2.73. The molecule has 0 aromatic rings. The molecular weight excluding hydrogens is 248 g/mol. The van der Waals surface area contributed by atoms with Crippen LogP contribution in [0.2, 0.25) is 0 Å². The summed E-state index contributed by atoms with van der Waals surface area (Å²) in [4.78, 5) is 2.51. The van der Waals surface area contributed by atoms with Crippen molar-refractivity contribution in [3.05, 3.63) is 0 Å². The van der Waals surface area contributed by atoms with Gasteiger partial charge in [0.1, 0.15) is 9.84 Å². The first-order valence-corrected chi connectivity index (χ1v) is 8.99. The van der Waals surface area contributed by atoms with Gasteiger partial charge in [0, 0.05) is 24.7 Å². The molecule has 18 heavy (non-hydrogen) atoms. The fraction of sp³-hybridized carbons (Fsp3) is 1.00. The predicted molar refractivity (Wildman–Crippen MR) is 74.5 cm³/mol. The zero-order chi connectivity index (χ0) is 13.2. The van der Waals surface area contributed by atoms with E-state index in [4.69, 9.17) is 0 Å². The van der Waals surface area contributed by atoms with E-state index in [1.54, 1.807) is 0 Å². The minimum absolute atomic E-state index is 0.385. The second-order valence-electron chi connectivity index (χ2n) is 6.04. The highest BCUT2D eigenvalue weighted by atomic mass is 32.2. The number of sulfone groups is 1. The number of hydrogen-bond donors (Lipinski definition) is 1. The molecule has 4 nitrogen and oxygen atoms in total. The fourth-order valence-electron chi connectivity index (χ4n) is 3.19. The van der Waals surface area contributed by atoms with Gasteiger partial charge in [-0.3, -0.25) is 4.90 Å². The van der Waals surface area contributed by atoms with Gasteiger partial charge >= 0.3 is 0 Å². The first-order valence-electron chi connectivity index (χ1n) is 7.17. The molecule has 1 unspecified atom stereocenters. The first kappa shape index (κ1) is 14.3. The molecule has 5 heteroatoms. The van der Waals surface area contributed by atoms with Crippen molar-refractivity contribution in [2.75, 3.05) is 24.6 Å². The second-order valence-corrected chi connectivity index (χ2v) is 8.34. The van der Waals surface area contributed by atoms with Crippen molar-refractivity contribution in [3.8, 4) is 0 Å². The number of hydrogen-bond acceptors (Lipinski definition) is 4. The largest absolute Gasteiger partial charge is 0.311 e. The van der Waals surface area contributed by atoms with E-state index in [0.717, 1.165) is 25.9 Å². The first-order chi connectivity index (χ1) is 8.46. The highest BCUT2D eigenvalue weighted by Crippen LogP contribution is 2.22. The molecule has 0 aliphatic carbocycles. The summed E-state index contributed by atoms with van der Waals surface area (Å²) in [5.74, 6) is 0.771. The van der Waals surface area contributed by atoms with Crippen LogP contribution in [0.5, 0.6) is 0 Å². The Balaban J connectivity index is 1.86. The van der Waals surface area contributed by atoms with Gasteiger partial charge in [0.2, 0.25) is 0 Å². The Morgan fingerprint density at radius 2 is 1.83 bits per heavy atom. The number of likely N-dealkylation sites (tertiary alicyclic amines) is 1. The Labute approximate surface area is 111 Å². The molecule has 0 bridgehead atoms. The van der Waals surface area contributed by atoms with E-state index in [1.807, 2.05) is 0 Å². The Hall–Kier alpha value is -0.130. The lowest BCUT2D eigenvalue weighted by Gasteiger charge is -2.40. The highest BCUT2D eigenvalue weighted by Gasteiger charge is 2.30. The van der Waals surface area contributed by atoms with Crippen LogP contribution in [-0.4, -0.2) is 56.0 Å². The third-order valence-electron chi connectivity index (χ3n) is 4.06. The Bertz CT molecular complexity index is 353. The van der Waals surface area contributed by atoms with Crippen LogP contribution in [0.3, 0.4) is 0 Å². The van der Waals surface area contributed by atoms with Crippen LogP contribution in [0.25, 0.3) is 0 Å². The zero-order valence-electron chi connectivity index (χ0n) is 11.6. The molecule has 0 aromatic heterocycles. The molecule has 2 rings (SSSR count). The van der Waals surface area contributed by atoms with Crippen LogP contribution in [0.1, 0.15) is 39.5 Å². The maximum atomic E-state index is 11.5. The van der Waals surface area contributed by atoms with Crippen LogP contribution in [0.4, 0.5) is 0 Å². The van der Waals surface area contributed by atoms with E-state index in [2.05, 4.69) is 24.1 Å². The lowest BCUT2D eigenvalue weighted by atomic mass is 10.0. The summed E-state index contributed by atoms with van der Waals surface area (Å²) in [5.41, 5.74) is 0. The van der Waals surface area contributed by atoms with Crippen LogP contribution in [0, 0.1) is 0 Å². The normalized spacial score (nSPS) is 30.7. The van der Waals surface area contributed by atoms with Crippen LogP contribution < -0.4 is 5.32 Å². The summed E-state index contributed by atoms with van der Waals surface area (Å²) in [6.07, 6.45) is 4.14. The van der Waals surface area contributed by atoms with E-state index in [-0.39, 0.29) is 0 Å². The topological polar surface area (TPSA) is 49.4 Å². The third-order valence-corrected chi connectivity index (χ3v) is 5.78. The summed E-state index contributed by atoms with van der Waals surface area (Å²) >= 11 is 0. The smallest absolute Gasteiger partial charge is 0.150 e. The maximum absolute atomic E-state index is 11.5. The SMILES string of the molecule is CC(C)NC1CCCN(C2CCS(=O)(=O)CC2)C1. The summed E-state index contributed by atoms with van der Waals surface area (Å²) in [6, 6.07) is 1.60. The molecule has 0 amide bonds. The second kappa shape index (κ2) is 5.88. The minimum Gasteiger partial charge on any atom is -0.311 e. The molecule has 2 saturated heterocycles. The van der Waals surface area contributed by atoms with Crippen molar-refractivity contribution in [2.24, 2.45) is 0 Å². The standard InChI is InChI=1S/C13H26N2O2S/c1-11(2)14-12-4-3-7-15(10-12)13-5-8-18(16,17)9-6-13/h11-14H,3-10H2,1-2H3. The van der Waals surface area contributed by atoms with Gasteiger partial charge in [0.05, 0.1) is 11.5 Å². The molecule has 2 aliphatic heterocycles. The molecule has 2 fully saturated rings. The van der Waals surface area contributed by atoms with Gasteiger partial charge in [-0.1, -0.05) is 13.8 Å². The number of nitrogens with one attached hydrogen (secondary N) is 1. The van der Waals surface area contributed by atoms with Crippen LogP contribution in [-0.2, 0) is 9.84 Å². The van der Waals surface area contributed by atoms with E-state index in [0.29, 0.717) is 29.6 Å². The fourth-order valence-corrected chi connectivity index (χ4v) is 4.65. The molecule has 1 N–H and O–H groups in total. The van der Waals surface area contributed by atoms with Crippen molar-refractivity contribution in [2.45, 2.75) is 57.7 Å². The lowest BCUT2D eigenvalue weighted by molar-refractivity contribution is 0.125. The maximum Gasteiger partial charge on any atom is 0.150 e. The van der Waals surface area contributed by atoms with Gasteiger partial charge in [0.25, 0.3) is 0 Å². The Morgan fingerprint density at radius 1 is 1.17 bits per heavy atom. The van der Waals surface area contributed by atoms with Gasteiger partial charge in [-0.15, -0.1) is 0 Å². The van der Waals surface area contributed by atoms with Crippen LogP contribution in [0.15, 0.2) is 0 Å². The third kappa shape index (κ3) is 3.93. The zero-order valence-corrected chi connectivity index (χ0v) is 12.4. The molecular formula is C13H26N2O2S. The molecule has 2 heterocycles. The van der Waals surface area contributed by atoms with Crippen molar-refractivity contribution in [1.29, 1.82) is 0 Å². The van der Waals surface area contributed by atoms with Gasteiger partial charge in [0.15, 0.2) is 0 Å². The van der Waals surface area contributed by atoms with Gasteiger partial charge in [-0.2, -0.15) is 0 Å². The van der Waals surface area contributed by atoms with Crippen molar-refractivity contribution in [3.63, 3.8) is 0 Å². The predicted octanol–water partition coefficient (Wildman–Crippen LogP) is 1.03. The molecule has 0 saturated carbocycles. The number of rotatable bonds is 3. The average molecular weight is 274 g/mol. The summed E-state index contributed by atoms with van der Waals surface area (Å²) in [5, 5.41) is 3.61. The van der Waals surface area contributed by atoms with Crippen LogP contribution >= 0.6 is 0 Å². The Kier molecular flexibility index (Phi) is 4.67. The number of nitrogens with zero attached hydrogens (tertiary/aromatic N) is 1. The van der Waals surface area contributed by atoms with Crippen molar-refractivity contribution < 1.29 is 8.42 Å². The molecule has 2 aliphatic rings. The van der Waals surface area contributed by atoms with Crippen molar-refractivity contribution in [1.82, 2.24) is 10.2 Å². The summed E-state index contributed by atoms with van der Waals surface area (Å²) < 4.78 is 22.9. The molecule has 1 atom stereocenters. The van der Waals surface area contributed by atoms with Gasteiger partial charge in [-0.05, 0) is 32.2 Å². The lowest BCUT2D eigenvalue weighted by Crippen LogP contribution is -2.52. The quantitative estimate of drug-likeness (QED) is 0.835. The molecule has 0 radical (unpaired) electrons. The van der Waals surface area contributed by atoms with E-state index < -0.39 is 9.84 Å². The molecule has 0 aromatic carbocycles. The highest BCUT2D eigenvalue weighted by molar-refractivity contribution is 7.91.